The molecule has 0 aromatic heterocycles. The van der Waals surface area contributed by atoms with Crippen molar-refractivity contribution in [1.82, 2.24) is 16.2 Å². The largest absolute Gasteiger partial charge is 0.483 e. The number of ether oxygens (including phenoxy) is 1. The molecule has 8 nitrogen and oxygen atoms in total. The Balaban J connectivity index is 1.66. The van der Waals surface area contributed by atoms with Gasteiger partial charge in [-0.05, 0) is 77.7 Å². The molecule has 0 aliphatic heterocycles. The molecule has 0 aliphatic carbocycles. The molecule has 0 aliphatic rings. The Morgan fingerprint density at radius 1 is 0.970 bits per heavy atom. The fourth-order valence-corrected chi connectivity index (χ4v) is 3.51. The highest BCUT2D eigenvalue weighted by Gasteiger charge is 2.11. The van der Waals surface area contributed by atoms with Gasteiger partial charge in [0.1, 0.15) is 5.75 Å². The Morgan fingerprint density at radius 2 is 1.70 bits per heavy atom. The zero-order chi connectivity index (χ0) is 24.4. The summed E-state index contributed by atoms with van der Waals surface area (Å²) in [4.78, 5) is 36.0. The topological polar surface area (TPSA) is 109 Å². The molecule has 0 radical (unpaired) electrons. The molecule has 0 bridgehead atoms. The van der Waals surface area contributed by atoms with Crippen LogP contribution in [0.25, 0.3) is 0 Å². The van der Waals surface area contributed by atoms with Crippen LogP contribution in [0, 0.1) is 13.8 Å². The van der Waals surface area contributed by atoms with E-state index in [-0.39, 0.29) is 30.5 Å². The third kappa shape index (κ3) is 9.19. The summed E-state index contributed by atoms with van der Waals surface area (Å²) in [6.45, 7) is 5.67. The van der Waals surface area contributed by atoms with Crippen molar-refractivity contribution in [3.63, 3.8) is 0 Å². The molecule has 0 fully saturated rings. The van der Waals surface area contributed by atoms with Crippen LogP contribution in [0.15, 0.2) is 40.9 Å². The lowest BCUT2D eigenvalue weighted by atomic mass is 10.1. The lowest BCUT2D eigenvalue weighted by molar-refractivity contribution is -0.125. The van der Waals surface area contributed by atoms with Crippen LogP contribution < -0.4 is 26.2 Å². The smallest absolute Gasteiger partial charge is 0.264 e. The molecule has 3 amide bonds. The first kappa shape index (κ1) is 26.3. The summed E-state index contributed by atoms with van der Waals surface area (Å²) in [5, 5.41) is 5.10. The maximum Gasteiger partial charge on any atom is 0.264 e. The maximum atomic E-state index is 12.1. The van der Waals surface area contributed by atoms with Gasteiger partial charge in [0.15, 0.2) is 11.7 Å². The number of carbonyl (C=O) groups excluding carboxylic acids is 3. The predicted molar refractivity (Wildman–Crippen MR) is 135 cm³/mol. The van der Waals surface area contributed by atoms with Gasteiger partial charge in [-0.2, -0.15) is 0 Å². The molecule has 2 aromatic carbocycles. The molecule has 4 N–H and O–H groups in total. The molecule has 33 heavy (non-hydrogen) atoms. The molecular weight excluding hydrogens is 508 g/mol. The maximum absolute atomic E-state index is 12.1. The number of hydrogen-bond donors (Lipinski definition) is 4. The molecule has 0 saturated heterocycles. The summed E-state index contributed by atoms with van der Waals surface area (Å²) in [6, 6.07) is 11.3. The summed E-state index contributed by atoms with van der Waals surface area (Å²) in [5.41, 5.74) is 8.68. The lowest BCUT2D eigenvalue weighted by Crippen LogP contribution is -2.49. The van der Waals surface area contributed by atoms with E-state index in [2.05, 4.69) is 37.4 Å². The summed E-state index contributed by atoms with van der Waals surface area (Å²) < 4.78 is 6.23. The molecule has 2 aromatic rings. The van der Waals surface area contributed by atoms with Gasteiger partial charge in [0.2, 0.25) is 11.8 Å². The Labute approximate surface area is 206 Å². The van der Waals surface area contributed by atoms with E-state index in [1.165, 1.54) is 0 Å². The van der Waals surface area contributed by atoms with E-state index in [9.17, 15) is 14.4 Å². The van der Waals surface area contributed by atoms with Crippen molar-refractivity contribution in [2.75, 3.05) is 11.9 Å². The van der Waals surface area contributed by atoms with Gasteiger partial charge in [-0.15, -0.1) is 0 Å². The number of anilines is 1. The second-order valence-electron chi connectivity index (χ2n) is 7.32. The van der Waals surface area contributed by atoms with Gasteiger partial charge in [-0.3, -0.25) is 30.6 Å². The van der Waals surface area contributed by atoms with Gasteiger partial charge < -0.3 is 10.1 Å². The van der Waals surface area contributed by atoms with Gasteiger partial charge >= 0.3 is 0 Å². The molecular formula is C23H27BrN4O4S. The number of hydrazine groups is 1. The van der Waals surface area contributed by atoms with E-state index in [0.717, 1.165) is 27.6 Å². The summed E-state index contributed by atoms with van der Waals surface area (Å²) in [6.07, 6.45) is 0.840. The van der Waals surface area contributed by atoms with Crippen molar-refractivity contribution in [2.24, 2.45) is 0 Å². The van der Waals surface area contributed by atoms with E-state index < -0.39 is 11.8 Å². The Kier molecular flexibility index (Phi) is 10.3. The molecule has 176 valence electrons. The van der Waals surface area contributed by atoms with Gasteiger partial charge in [0, 0.05) is 18.5 Å². The third-order valence-corrected chi connectivity index (χ3v) is 5.39. The Bertz CT molecular complexity index is 1050. The molecule has 0 spiro atoms. The van der Waals surface area contributed by atoms with E-state index in [1.54, 1.807) is 6.07 Å². The SMILES string of the molecule is CCc1ccc(OCC(=O)NC(=S)NNC(=O)CCC(=O)Nc2ccc(C)cc2C)c(Br)c1. The first-order valence-corrected chi connectivity index (χ1v) is 11.5. The minimum atomic E-state index is -0.485. The Morgan fingerprint density at radius 3 is 2.36 bits per heavy atom. The Hall–Kier alpha value is -2.98. The first-order valence-electron chi connectivity index (χ1n) is 10.3. The molecule has 0 saturated carbocycles. The standard InChI is InChI=1S/C23H27BrN4O4S/c1-4-16-6-8-19(17(24)12-16)32-13-22(31)26-23(33)28-27-21(30)10-9-20(29)25-18-7-5-14(2)11-15(18)3/h5-8,11-12H,4,9-10,13H2,1-3H3,(H,25,29)(H,27,30)(H2,26,28,31,33). The second kappa shape index (κ2) is 12.9. The highest BCUT2D eigenvalue weighted by atomic mass is 79.9. The fourth-order valence-electron chi connectivity index (χ4n) is 2.80. The van der Waals surface area contributed by atoms with Crippen LogP contribution >= 0.6 is 28.1 Å². The van der Waals surface area contributed by atoms with Crippen molar-refractivity contribution in [1.29, 1.82) is 0 Å². The number of carbonyl (C=O) groups is 3. The number of amides is 3. The van der Waals surface area contributed by atoms with Crippen molar-refractivity contribution >= 4 is 56.7 Å². The van der Waals surface area contributed by atoms with Crippen LogP contribution in [0.2, 0.25) is 0 Å². The van der Waals surface area contributed by atoms with E-state index in [4.69, 9.17) is 17.0 Å². The van der Waals surface area contributed by atoms with Gasteiger partial charge in [0.05, 0.1) is 4.47 Å². The van der Waals surface area contributed by atoms with Crippen LogP contribution in [0.1, 0.15) is 36.5 Å². The zero-order valence-corrected chi connectivity index (χ0v) is 21.1. The number of thiocarbonyl (C=S) groups is 1. The quantitative estimate of drug-likeness (QED) is 0.305. The average Bonchev–Trinajstić information content (AvgIpc) is 2.77. The van der Waals surface area contributed by atoms with Crippen LogP contribution in [-0.4, -0.2) is 29.4 Å². The minimum Gasteiger partial charge on any atom is -0.483 e. The van der Waals surface area contributed by atoms with Crippen molar-refractivity contribution < 1.29 is 19.1 Å². The monoisotopic (exact) mass is 534 g/mol. The summed E-state index contributed by atoms with van der Waals surface area (Å²) >= 11 is 8.39. The molecule has 2 rings (SSSR count). The number of rotatable bonds is 8. The third-order valence-electron chi connectivity index (χ3n) is 4.57. The number of aryl methyl sites for hydroxylation is 3. The molecule has 0 heterocycles. The highest BCUT2D eigenvalue weighted by molar-refractivity contribution is 9.10. The fraction of sp³-hybridized carbons (Fsp3) is 0.304. The normalized spacial score (nSPS) is 10.2. The van der Waals surface area contributed by atoms with E-state index in [1.807, 2.05) is 51.1 Å². The minimum absolute atomic E-state index is 0.000506. The second-order valence-corrected chi connectivity index (χ2v) is 8.59. The predicted octanol–water partition coefficient (Wildman–Crippen LogP) is 3.45. The zero-order valence-electron chi connectivity index (χ0n) is 18.7. The molecule has 10 heteroatoms. The highest BCUT2D eigenvalue weighted by Crippen LogP contribution is 2.26. The van der Waals surface area contributed by atoms with Crippen LogP contribution in [0.4, 0.5) is 5.69 Å². The summed E-state index contributed by atoms with van der Waals surface area (Å²) in [7, 11) is 0. The first-order chi connectivity index (χ1) is 15.7. The summed E-state index contributed by atoms with van der Waals surface area (Å²) in [5.74, 6) is -0.670. The van der Waals surface area contributed by atoms with Gasteiger partial charge in [-0.1, -0.05) is 30.7 Å². The van der Waals surface area contributed by atoms with Crippen LogP contribution in [0.3, 0.4) is 0 Å². The molecule has 0 unspecified atom stereocenters. The molecule has 0 atom stereocenters. The van der Waals surface area contributed by atoms with Crippen LogP contribution in [-0.2, 0) is 20.8 Å². The van der Waals surface area contributed by atoms with Gasteiger partial charge in [-0.25, -0.2) is 0 Å². The van der Waals surface area contributed by atoms with Gasteiger partial charge in [0.25, 0.3) is 5.91 Å². The van der Waals surface area contributed by atoms with Crippen molar-refractivity contribution in [3.8, 4) is 5.75 Å². The number of nitrogens with one attached hydrogen (secondary N) is 4. The van der Waals surface area contributed by atoms with Crippen molar-refractivity contribution in [3.05, 3.63) is 57.6 Å². The lowest BCUT2D eigenvalue weighted by Gasteiger charge is -2.12. The van der Waals surface area contributed by atoms with E-state index >= 15 is 0 Å². The number of hydrogen-bond acceptors (Lipinski definition) is 5. The van der Waals surface area contributed by atoms with E-state index in [0.29, 0.717) is 11.4 Å². The average molecular weight is 535 g/mol. The van der Waals surface area contributed by atoms with Crippen LogP contribution in [0.5, 0.6) is 5.75 Å². The number of benzene rings is 2. The number of halogens is 1. The van der Waals surface area contributed by atoms with Crippen molar-refractivity contribution in [2.45, 2.75) is 40.0 Å².